The van der Waals surface area contributed by atoms with E-state index >= 15 is 0 Å². The zero-order chi connectivity index (χ0) is 9.54. The van der Waals surface area contributed by atoms with Gasteiger partial charge in [-0.05, 0) is 6.07 Å². The molecule has 0 spiro atoms. The molecule has 3 heterocycles. The van der Waals surface area contributed by atoms with Crippen molar-refractivity contribution in [2.24, 2.45) is 12.0 Å². The number of nitrogens with zero attached hydrogens (tertiary/aromatic N) is 3. The Balaban J connectivity index is 2.48. The molecule has 1 aliphatic rings. The summed E-state index contributed by atoms with van der Waals surface area (Å²) in [6, 6.07) is 2.06. The van der Waals surface area contributed by atoms with E-state index in [9.17, 15) is 0 Å². The topological polar surface area (TPSA) is 30.2 Å². The molecule has 0 amide bonds. The lowest BCUT2D eigenvalue weighted by Crippen LogP contribution is -2.05. The van der Waals surface area contributed by atoms with Gasteiger partial charge < -0.3 is 4.57 Å². The van der Waals surface area contributed by atoms with Gasteiger partial charge in [-0.3, -0.25) is 9.98 Å². The number of rotatable bonds is 0. The van der Waals surface area contributed by atoms with E-state index in [0.717, 1.165) is 13.0 Å². The summed E-state index contributed by atoms with van der Waals surface area (Å²) in [5.41, 5.74) is 3.88. The number of aliphatic imine (C=N–C) groups is 1. The van der Waals surface area contributed by atoms with Gasteiger partial charge in [-0.25, -0.2) is 0 Å². The normalized spacial score (nSPS) is 14.6. The highest BCUT2D eigenvalue weighted by atomic mass is 15.0. The Hall–Kier alpha value is -1.64. The maximum atomic E-state index is 4.32. The fraction of sp³-hybridized carbons (Fsp3) is 0.273. The Morgan fingerprint density at radius 2 is 2.36 bits per heavy atom. The quantitative estimate of drug-likeness (QED) is 0.612. The zero-order valence-corrected chi connectivity index (χ0v) is 8.07. The lowest BCUT2D eigenvalue weighted by atomic mass is 10.1. The van der Waals surface area contributed by atoms with E-state index in [1.54, 1.807) is 0 Å². The number of fused-ring (bicyclic) bond motifs is 3. The van der Waals surface area contributed by atoms with Crippen LogP contribution in [0.1, 0.15) is 11.3 Å². The molecule has 0 bridgehead atoms. The molecule has 0 radical (unpaired) electrons. The second-order valence-corrected chi connectivity index (χ2v) is 3.60. The summed E-state index contributed by atoms with van der Waals surface area (Å²) in [5, 5.41) is 1.22. The Morgan fingerprint density at radius 1 is 1.43 bits per heavy atom. The van der Waals surface area contributed by atoms with Crippen LogP contribution in [0.25, 0.3) is 10.9 Å². The van der Waals surface area contributed by atoms with Crippen LogP contribution in [0.3, 0.4) is 0 Å². The second-order valence-electron chi connectivity index (χ2n) is 3.60. The Labute approximate surface area is 82.1 Å². The van der Waals surface area contributed by atoms with Crippen LogP contribution in [0.5, 0.6) is 0 Å². The number of pyridine rings is 1. The molecule has 3 heteroatoms. The van der Waals surface area contributed by atoms with Crippen molar-refractivity contribution in [3.05, 3.63) is 29.7 Å². The number of aryl methyl sites for hydroxylation is 1. The highest BCUT2D eigenvalue weighted by Crippen LogP contribution is 2.25. The molecule has 1 aliphatic heterocycles. The van der Waals surface area contributed by atoms with Gasteiger partial charge in [-0.2, -0.15) is 0 Å². The molecular weight excluding hydrogens is 174 g/mol. The van der Waals surface area contributed by atoms with Crippen LogP contribution < -0.4 is 0 Å². The highest BCUT2D eigenvalue weighted by Gasteiger charge is 2.15. The van der Waals surface area contributed by atoms with E-state index in [-0.39, 0.29) is 0 Å². The minimum Gasteiger partial charge on any atom is -0.347 e. The molecule has 0 aliphatic carbocycles. The number of hydrogen-bond acceptors (Lipinski definition) is 2. The molecule has 0 saturated carbocycles. The van der Waals surface area contributed by atoms with Crippen molar-refractivity contribution in [2.75, 3.05) is 6.54 Å². The predicted molar refractivity (Wildman–Crippen MR) is 56.9 cm³/mol. The molecular formula is C11H11N3. The minimum atomic E-state index is 0.907. The van der Waals surface area contributed by atoms with Gasteiger partial charge in [0.25, 0.3) is 0 Å². The molecule has 0 saturated heterocycles. The fourth-order valence-corrected chi connectivity index (χ4v) is 2.14. The van der Waals surface area contributed by atoms with Crippen molar-refractivity contribution in [1.29, 1.82) is 0 Å². The Kier molecular flexibility index (Phi) is 1.48. The highest BCUT2D eigenvalue weighted by molar-refractivity contribution is 6.01. The molecule has 3 nitrogen and oxygen atoms in total. The lowest BCUT2D eigenvalue weighted by Gasteiger charge is -2.07. The van der Waals surface area contributed by atoms with Crippen LogP contribution in [0.2, 0.25) is 0 Å². The summed E-state index contributed by atoms with van der Waals surface area (Å²) in [7, 11) is 2.11. The van der Waals surface area contributed by atoms with Gasteiger partial charge in [0.1, 0.15) is 0 Å². The van der Waals surface area contributed by atoms with E-state index < -0.39 is 0 Å². The van der Waals surface area contributed by atoms with Gasteiger partial charge in [0.15, 0.2) is 0 Å². The van der Waals surface area contributed by atoms with Crippen molar-refractivity contribution in [2.45, 2.75) is 6.42 Å². The third-order valence-electron chi connectivity index (χ3n) is 2.86. The summed E-state index contributed by atoms with van der Waals surface area (Å²) in [6.07, 6.45) is 6.77. The number of aromatic nitrogens is 2. The first-order valence-electron chi connectivity index (χ1n) is 4.79. The Morgan fingerprint density at radius 3 is 3.29 bits per heavy atom. The van der Waals surface area contributed by atoms with E-state index in [2.05, 4.69) is 27.7 Å². The van der Waals surface area contributed by atoms with Gasteiger partial charge in [0.2, 0.25) is 0 Å². The monoisotopic (exact) mass is 185 g/mol. The third kappa shape index (κ3) is 0.867. The number of hydrogen-bond donors (Lipinski definition) is 0. The van der Waals surface area contributed by atoms with E-state index in [1.807, 2.05) is 18.6 Å². The van der Waals surface area contributed by atoms with Crippen molar-refractivity contribution in [1.82, 2.24) is 9.55 Å². The zero-order valence-electron chi connectivity index (χ0n) is 8.07. The molecule has 2 aromatic rings. The van der Waals surface area contributed by atoms with Crippen LogP contribution in [0, 0.1) is 0 Å². The first-order chi connectivity index (χ1) is 6.88. The fourth-order valence-electron chi connectivity index (χ4n) is 2.14. The first-order valence-corrected chi connectivity index (χ1v) is 4.79. The first kappa shape index (κ1) is 7.74. The van der Waals surface area contributed by atoms with Crippen molar-refractivity contribution < 1.29 is 0 Å². The standard InChI is InChI=1S/C11H11N3/c1-14-10-2-4-12-6-8(10)9-7-13-5-3-11(9)14/h2,4,6-7H,3,5H2,1H3. The van der Waals surface area contributed by atoms with Crippen LogP contribution in [0.15, 0.2) is 23.5 Å². The van der Waals surface area contributed by atoms with Crippen LogP contribution in [0.4, 0.5) is 0 Å². The molecule has 0 N–H and O–H groups in total. The summed E-state index contributed by atoms with van der Waals surface area (Å²) < 4.78 is 2.25. The molecule has 70 valence electrons. The Bertz CT molecular complexity index is 523. The average molecular weight is 185 g/mol. The molecule has 2 aromatic heterocycles. The maximum absolute atomic E-state index is 4.32. The molecule has 0 unspecified atom stereocenters. The van der Waals surface area contributed by atoms with Gasteiger partial charge in [0.05, 0.1) is 5.52 Å². The minimum absolute atomic E-state index is 0.907. The molecule has 0 atom stereocenters. The third-order valence-corrected chi connectivity index (χ3v) is 2.86. The maximum Gasteiger partial charge on any atom is 0.0517 e. The molecule has 3 rings (SSSR count). The SMILES string of the molecule is Cn1c2c(c3cnccc31)C=NCC2. The predicted octanol–water partition coefficient (Wildman–Crippen LogP) is 1.55. The summed E-state index contributed by atoms with van der Waals surface area (Å²) >= 11 is 0. The lowest BCUT2D eigenvalue weighted by molar-refractivity contribution is 0.818. The molecule has 14 heavy (non-hydrogen) atoms. The van der Waals surface area contributed by atoms with Gasteiger partial charge >= 0.3 is 0 Å². The summed E-state index contributed by atoms with van der Waals surface area (Å²) in [6.45, 7) is 0.907. The summed E-state index contributed by atoms with van der Waals surface area (Å²) in [5.74, 6) is 0. The van der Waals surface area contributed by atoms with Gasteiger partial charge in [-0.15, -0.1) is 0 Å². The largest absolute Gasteiger partial charge is 0.347 e. The van der Waals surface area contributed by atoms with Crippen molar-refractivity contribution >= 4 is 17.1 Å². The van der Waals surface area contributed by atoms with Crippen LogP contribution in [-0.2, 0) is 13.5 Å². The smallest absolute Gasteiger partial charge is 0.0517 e. The van der Waals surface area contributed by atoms with E-state index in [4.69, 9.17) is 0 Å². The van der Waals surface area contributed by atoms with Gasteiger partial charge in [-0.1, -0.05) is 0 Å². The molecule has 0 aromatic carbocycles. The van der Waals surface area contributed by atoms with E-state index in [0.29, 0.717) is 0 Å². The van der Waals surface area contributed by atoms with Crippen LogP contribution >= 0.6 is 0 Å². The van der Waals surface area contributed by atoms with Crippen LogP contribution in [-0.4, -0.2) is 22.3 Å². The van der Waals surface area contributed by atoms with E-state index in [1.165, 1.54) is 22.2 Å². The van der Waals surface area contributed by atoms with Crippen molar-refractivity contribution in [3.8, 4) is 0 Å². The van der Waals surface area contributed by atoms with Gasteiger partial charge in [0, 0.05) is 55.3 Å². The van der Waals surface area contributed by atoms with Crippen molar-refractivity contribution in [3.63, 3.8) is 0 Å². The molecule has 0 fully saturated rings. The average Bonchev–Trinajstić information content (AvgIpc) is 2.55. The second kappa shape index (κ2) is 2.67. The summed E-state index contributed by atoms with van der Waals surface area (Å²) in [4.78, 5) is 8.48.